The highest BCUT2D eigenvalue weighted by atomic mass is 16.5. The molecule has 2 fully saturated rings. The zero-order chi connectivity index (χ0) is 9.10. The molecule has 1 atom stereocenters. The summed E-state index contributed by atoms with van der Waals surface area (Å²) in [5.41, 5.74) is 0. The standard InChI is InChI=1S/C11H21NO/c1-10-4-6-12(7-5-10)11-3-2-8-13-9-11/h10-11H,2-9H2,1H3/t11-/m1/s1. The van der Waals surface area contributed by atoms with Crippen molar-refractivity contribution in [2.45, 2.75) is 38.6 Å². The van der Waals surface area contributed by atoms with E-state index in [0.717, 1.165) is 25.2 Å². The number of hydrogen-bond donors (Lipinski definition) is 0. The van der Waals surface area contributed by atoms with Crippen LogP contribution >= 0.6 is 0 Å². The lowest BCUT2D eigenvalue weighted by molar-refractivity contribution is 0.00600. The molecule has 0 saturated carbocycles. The molecule has 2 nitrogen and oxygen atoms in total. The lowest BCUT2D eigenvalue weighted by atomic mass is 9.96. The van der Waals surface area contributed by atoms with Crippen molar-refractivity contribution >= 4 is 0 Å². The molecule has 0 unspecified atom stereocenters. The highest BCUT2D eigenvalue weighted by Crippen LogP contribution is 2.21. The quantitative estimate of drug-likeness (QED) is 0.615. The molecule has 0 aliphatic carbocycles. The van der Waals surface area contributed by atoms with Crippen molar-refractivity contribution < 1.29 is 4.74 Å². The van der Waals surface area contributed by atoms with Crippen molar-refractivity contribution in [1.82, 2.24) is 4.90 Å². The number of piperidine rings is 1. The van der Waals surface area contributed by atoms with Crippen LogP contribution in [-0.2, 0) is 4.74 Å². The Hall–Kier alpha value is -0.0800. The van der Waals surface area contributed by atoms with Crippen molar-refractivity contribution in [2.24, 2.45) is 5.92 Å². The molecule has 2 heterocycles. The van der Waals surface area contributed by atoms with Gasteiger partial charge in [-0.15, -0.1) is 0 Å². The Morgan fingerprint density at radius 1 is 1.15 bits per heavy atom. The van der Waals surface area contributed by atoms with E-state index in [4.69, 9.17) is 4.74 Å². The van der Waals surface area contributed by atoms with E-state index in [0.29, 0.717) is 0 Å². The second-order valence-corrected chi connectivity index (χ2v) is 4.59. The Balaban J connectivity index is 1.79. The van der Waals surface area contributed by atoms with Gasteiger partial charge >= 0.3 is 0 Å². The Bertz CT molecular complexity index is 146. The first kappa shape index (κ1) is 9.47. The Morgan fingerprint density at radius 2 is 1.92 bits per heavy atom. The molecule has 0 N–H and O–H groups in total. The maximum absolute atomic E-state index is 5.52. The number of likely N-dealkylation sites (tertiary alicyclic amines) is 1. The molecule has 2 saturated heterocycles. The molecular formula is C11H21NO. The average molecular weight is 183 g/mol. The fourth-order valence-corrected chi connectivity index (χ4v) is 2.41. The predicted molar refractivity (Wildman–Crippen MR) is 53.8 cm³/mol. The average Bonchev–Trinajstić information content (AvgIpc) is 2.20. The lowest BCUT2D eigenvalue weighted by Crippen LogP contribution is -2.45. The molecule has 0 aromatic heterocycles. The van der Waals surface area contributed by atoms with Gasteiger partial charge in [0.2, 0.25) is 0 Å². The van der Waals surface area contributed by atoms with Gasteiger partial charge in [-0.05, 0) is 44.7 Å². The number of rotatable bonds is 1. The van der Waals surface area contributed by atoms with Gasteiger partial charge in [-0.3, -0.25) is 4.90 Å². The molecule has 2 heteroatoms. The van der Waals surface area contributed by atoms with E-state index >= 15 is 0 Å². The zero-order valence-electron chi connectivity index (χ0n) is 8.67. The largest absolute Gasteiger partial charge is 0.380 e. The minimum absolute atomic E-state index is 0.737. The molecule has 0 aromatic rings. The van der Waals surface area contributed by atoms with Gasteiger partial charge in [0.1, 0.15) is 0 Å². The van der Waals surface area contributed by atoms with Gasteiger partial charge in [-0.25, -0.2) is 0 Å². The minimum Gasteiger partial charge on any atom is -0.380 e. The minimum atomic E-state index is 0.737. The summed E-state index contributed by atoms with van der Waals surface area (Å²) < 4.78 is 5.52. The summed E-state index contributed by atoms with van der Waals surface area (Å²) in [4.78, 5) is 2.64. The predicted octanol–water partition coefficient (Wildman–Crippen LogP) is 1.90. The fraction of sp³-hybridized carbons (Fsp3) is 1.00. The third-order valence-corrected chi connectivity index (χ3v) is 3.47. The van der Waals surface area contributed by atoms with Crippen LogP contribution in [0.25, 0.3) is 0 Å². The van der Waals surface area contributed by atoms with Gasteiger partial charge in [-0.2, -0.15) is 0 Å². The van der Waals surface area contributed by atoms with E-state index in [9.17, 15) is 0 Å². The molecule has 76 valence electrons. The van der Waals surface area contributed by atoms with Gasteiger partial charge in [0.15, 0.2) is 0 Å². The Labute approximate surface area is 81.3 Å². The molecule has 0 spiro atoms. The molecule has 0 aromatic carbocycles. The van der Waals surface area contributed by atoms with E-state index in [1.54, 1.807) is 0 Å². The Kier molecular flexibility index (Phi) is 3.23. The van der Waals surface area contributed by atoms with Crippen molar-refractivity contribution in [2.75, 3.05) is 26.3 Å². The summed E-state index contributed by atoms with van der Waals surface area (Å²) in [5.74, 6) is 0.945. The van der Waals surface area contributed by atoms with Crippen molar-refractivity contribution in [3.05, 3.63) is 0 Å². The number of ether oxygens (including phenoxy) is 1. The monoisotopic (exact) mass is 183 g/mol. The molecule has 0 amide bonds. The van der Waals surface area contributed by atoms with Gasteiger partial charge in [0.25, 0.3) is 0 Å². The summed E-state index contributed by atoms with van der Waals surface area (Å²) in [7, 11) is 0. The van der Waals surface area contributed by atoms with Gasteiger partial charge in [-0.1, -0.05) is 6.92 Å². The van der Waals surface area contributed by atoms with Crippen molar-refractivity contribution in [1.29, 1.82) is 0 Å². The highest BCUT2D eigenvalue weighted by Gasteiger charge is 2.24. The van der Waals surface area contributed by atoms with E-state index in [1.165, 1.54) is 38.8 Å². The van der Waals surface area contributed by atoms with Gasteiger partial charge in [0.05, 0.1) is 6.61 Å². The van der Waals surface area contributed by atoms with E-state index < -0.39 is 0 Å². The first-order valence-electron chi connectivity index (χ1n) is 5.68. The van der Waals surface area contributed by atoms with E-state index in [1.807, 2.05) is 0 Å². The summed E-state index contributed by atoms with van der Waals surface area (Å²) >= 11 is 0. The highest BCUT2D eigenvalue weighted by molar-refractivity contribution is 4.78. The van der Waals surface area contributed by atoms with Gasteiger partial charge in [0, 0.05) is 12.6 Å². The smallest absolute Gasteiger partial charge is 0.0621 e. The molecule has 2 aliphatic heterocycles. The summed E-state index contributed by atoms with van der Waals surface area (Å²) in [6.45, 7) is 6.94. The van der Waals surface area contributed by atoms with E-state index in [2.05, 4.69) is 11.8 Å². The maximum atomic E-state index is 5.52. The van der Waals surface area contributed by atoms with Crippen LogP contribution in [0.15, 0.2) is 0 Å². The van der Waals surface area contributed by atoms with Crippen LogP contribution in [0, 0.1) is 5.92 Å². The number of hydrogen-bond acceptors (Lipinski definition) is 2. The molecule has 2 aliphatic rings. The first-order valence-corrected chi connectivity index (χ1v) is 5.68. The van der Waals surface area contributed by atoms with Crippen LogP contribution in [0.3, 0.4) is 0 Å². The van der Waals surface area contributed by atoms with Crippen LogP contribution in [0.2, 0.25) is 0 Å². The topological polar surface area (TPSA) is 12.5 Å². The molecule has 13 heavy (non-hydrogen) atoms. The van der Waals surface area contributed by atoms with Crippen LogP contribution in [-0.4, -0.2) is 37.2 Å². The summed E-state index contributed by atoms with van der Waals surface area (Å²) in [6.07, 6.45) is 5.39. The van der Waals surface area contributed by atoms with Crippen LogP contribution in [0.5, 0.6) is 0 Å². The van der Waals surface area contributed by atoms with Crippen molar-refractivity contribution in [3.63, 3.8) is 0 Å². The summed E-state index contributed by atoms with van der Waals surface area (Å²) in [6, 6.07) is 0.737. The molecule has 0 radical (unpaired) electrons. The fourth-order valence-electron chi connectivity index (χ4n) is 2.41. The molecular weight excluding hydrogens is 162 g/mol. The molecule has 0 bridgehead atoms. The molecule has 2 rings (SSSR count). The van der Waals surface area contributed by atoms with E-state index in [-0.39, 0.29) is 0 Å². The van der Waals surface area contributed by atoms with Crippen LogP contribution in [0.1, 0.15) is 32.6 Å². The summed E-state index contributed by atoms with van der Waals surface area (Å²) in [5, 5.41) is 0. The van der Waals surface area contributed by atoms with Crippen molar-refractivity contribution in [3.8, 4) is 0 Å². The third-order valence-electron chi connectivity index (χ3n) is 3.47. The second-order valence-electron chi connectivity index (χ2n) is 4.59. The second kappa shape index (κ2) is 4.43. The maximum Gasteiger partial charge on any atom is 0.0621 e. The Morgan fingerprint density at radius 3 is 2.54 bits per heavy atom. The third kappa shape index (κ3) is 2.44. The number of nitrogens with zero attached hydrogens (tertiary/aromatic N) is 1. The van der Waals surface area contributed by atoms with Crippen LogP contribution in [0.4, 0.5) is 0 Å². The van der Waals surface area contributed by atoms with Gasteiger partial charge < -0.3 is 4.74 Å². The first-order chi connectivity index (χ1) is 6.36. The SMILES string of the molecule is CC1CCN([C@@H]2CCCOC2)CC1. The lowest BCUT2D eigenvalue weighted by Gasteiger charge is -2.38. The van der Waals surface area contributed by atoms with Crippen LogP contribution < -0.4 is 0 Å². The zero-order valence-corrected chi connectivity index (χ0v) is 8.67. The normalized spacial score (nSPS) is 33.5.